The van der Waals surface area contributed by atoms with Crippen LogP contribution in [-0.2, 0) is 0 Å². The van der Waals surface area contributed by atoms with E-state index in [4.69, 9.17) is 15.9 Å². The molecule has 0 aliphatic rings. The van der Waals surface area contributed by atoms with Crippen LogP contribution in [0.5, 0.6) is 0 Å². The van der Waals surface area contributed by atoms with Crippen LogP contribution < -0.4 is 5.73 Å². The maximum absolute atomic E-state index is 10.5. The van der Waals surface area contributed by atoms with Crippen molar-refractivity contribution < 1.29 is 19.8 Å². The standard InChI is InChI=1S/C12H27N.C8H6O4/c1-2-3-4-5-6-7-8-9-10-11-12-13;9-7(10)5-3-1-2-4-6(5)8(11)12/h2-13H2,1H3;1-4H,(H,9,10)(H,11,12). The predicted molar refractivity (Wildman–Crippen MR) is 101 cm³/mol. The second-order valence-electron chi connectivity index (χ2n) is 6.13. The number of rotatable bonds is 12. The zero-order valence-electron chi connectivity index (χ0n) is 15.4. The molecule has 0 radical (unpaired) electrons. The summed E-state index contributed by atoms with van der Waals surface area (Å²) in [6.07, 6.45) is 13.9. The van der Waals surface area contributed by atoms with E-state index in [1.807, 2.05) is 0 Å². The van der Waals surface area contributed by atoms with Gasteiger partial charge < -0.3 is 15.9 Å². The highest BCUT2D eigenvalue weighted by Gasteiger charge is 2.13. The van der Waals surface area contributed by atoms with Crippen LogP contribution in [0.3, 0.4) is 0 Å². The van der Waals surface area contributed by atoms with E-state index in [1.54, 1.807) is 0 Å². The van der Waals surface area contributed by atoms with Crippen LogP contribution in [0.1, 0.15) is 91.8 Å². The largest absolute Gasteiger partial charge is 0.478 e. The summed E-state index contributed by atoms with van der Waals surface area (Å²) in [5, 5.41) is 17.1. The third-order valence-corrected chi connectivity index (χ3v) is 3.95. The van der Waals surface area contributed by atoms with E-state index in [0.29, 0.717) is 0 Å². The summed E-state index contributed by atoms with van der Waals surface area (Å²) in [5.41, 5.74) is 5.04. The molecule has 1 rings (SSSR count). The molecule has 25 heavy (non-hydrogen) atoms. The molecule has 0 bridgehead atoms. The highest BCUT2D eigenvalue weighted by Crippen LogP contribution is 2.10. The molecule has 0 saturated heterocycles. The molecular weight excluding hydrogens is 318 g/mol. The van der Waals surface area contributed by atoms with Crippen molar-refractivity contribution >= 4 is 11.9 Å². The van der Waals surface area contributed by atoms with Crippen LogP contribution in [0.4, 0.5) is 0 Å². The molecule has 0 aromatic heterocycles. The first-order chi connectivity index (χ1) is 12.0. The Bertz CT molecular complexity index is 445. The van der Waals surface area contributed by atoms with Gasteiger partial charge in [0.05, 0.1) is 11.1 Å². The van der Waals surface area contributed by atoms with Gasteiger partial charge in [-0.25, -0.2) is 9.59 Å². The Balaban J connectivity index is 0.000000462. The molecule has 5 nitrogen and oxygen atoms in total. The van der Waals surface area contributed by atoms with E-state index < -0.39 is 11.9 Å². The second-order valence-corrected chi connectivity index (χ2v) is 6.13. The molecule has 0 saturated carbocycles. The quantitative estimate of drug-likeness (QED) is 0.463. The minimum absolute atomic E-state index is 0.190. The van der Waals surface area contributed by atoms with E-state index >= 15 is 0 Å². The van der Waals surface area contributed by atoms with Gasteiger partial charge in [0.25, 0.3) is 0 Å². The van der Waals surface area contributed by atoms with Crippen molar-refractivity contribution in [3.8, 4) is 0 Å². The average molecular weight is 351 g/mol. The topological polar surface area (TPSA) is 101 Å². The van der Waals surface area contributed by atoms with Gasteiger partial charge in [0.15, 0.2) is 0 Å². The maximum atomic E-state index is 10.5. The fraction of sp³-hybridized carbons (Fsp3) is 0.600. The van der Waals surface area contributed by atoms with Crippen LogP contribution in [0.25, 0.3) is 0 Å². The lowest BCUT2D eigenvalue weighted by Gasteiger charge is -2.00. The average Bonchev–Trinajstić information content (AvgIpc) is 2.61. The van der Waals surface area contributed by atoms with Crippen molar-refractivity contribution in [2.24, 2.45) is 5.73 Å². The summed E-state index contributed by atoms with van der Waals surface area (Å²) in [7, 11) is 0. The molecule has 142 valence electrons. The lowest BCUT2D eigenvalue weighted by molar-refractivity contribution is 0.0651. The molecule has 0 fully saturated rings. The number of carbonyl (C=O) groups is 2. The van der Waals surface area contributed by atoms with Gasteiger partial charge >= 0.3 is 11.9 Å². The first kappa shape index (κ1) is 23.1. The molecule has 0 aliphatic heterocycles. The zero-order valence-corrected chi connectivity index (χ0v) is 15.4. The van der Waals surface area contributed by atoms with Gasteiger partial charge in [0.2, 0.25) is 0 Å². The molecule has 0 spiro atoms. The van der Waals surface area contributed by atoms with Crippen LogP contribution >= 0.6 is 0 Å². The Hall–Kier alpha value is -1.88. The Kier molecular flexibility index (Phi) is 14.5. The van der Waals surface area contributed by atoms with Crippen LogP contribution in [-0.4, -0.2) is 28.7 Å². The maximum Gasteiger partial charge on any atom is 0.336 e. The van der Waals surface area contributed by atoms with Crippen LogP contribution in [0.2, 0.25) is 0 Å². The van der Waals surface area contributed by atoms with Gasteiger partial charge in [-0.1, -0.05) is 76.8 Å². The minimum atomic E-state index is -1.23. The highest BCUT2D eigenvalue weighted by molar-refractivity contribution is 6.01. The summed E-state index contributed by atoms with van der Waals surface area (Å²) in [5.74, 6) is -2.46. The number of carboxylic acid groups (broad SMARTS) is 2. The lowest BCUT2D eigenvalue weighted by Crippen LogP contribution is -2.06. The van der Waals surface area contributed by atoms with Gasteiger partial charge in [-0.15, -0.1) is 0 Å². The Labute approximate surface area is 151 Å². The van der Waals surface area contributed by atoms with Crippen molar-refractivity contribution in [1.82, 2.24) is 0 Å². The number of unbranched alkanes of at least 4 members (excludes halogenated alkanes) is 9. The Morgan fingerprint density at radius 1 is 0.760 bits per heavy atom. The third kappa shape index (κ3) is 12.2. The molecule has 4 N–H and O–H groups in total. The fourth-order valence-electron chi connectivity index (χ4n) is 2.49. The van der Waals surface area contributed by atoms with Gasteiger partial charge in [-0.2, -0.15) is 0 Å². The summed E-state index contributed by atoms with van der Waals surface area (Å²) < 4.78 is 0. The lowest BCUT2D eigenvalue weighted by atomic mass is 10.1. The first-order valence-electron chi connectivity index (χ1n) is 9.30. The fourth-order valence-corrected chi connectivity index (χ4v) is 2.49. The molecule has 0 atom stereocenters. The molecule has 1 aromatic rings. The Morgan fingerprint density at radius 2 is 1.12 bits per heavy atom. The summed E-state index contributed by atoms with van der Waals surface area (Å²) >= 11 is 0. The van der Waals surface area contributed by atoms with Crippen LogP contribution in [0, 0.1) is 0 Å². The molecular formula is C20H33NO4. The number of aromatic carboxylic acids is 2. The smallest absolute Gasteiger partial charge is 0.336 e. The number of hydrogen-bond acceptors (Lipinski definition) is 3. The number of benzene rings is 1. The molecule has 0 amide bonds. The van der Waals surface area contributed by atoms with Gasteiger partial charge in [-0.3, -0.25) is 0 Å². The summed E-state index contributed by atoms with van der Waals surface area (Å²) in [6, 6.07) is 5.48. The molecule has 0 aliphatic carbocycles. The van der Waals surface area contributed by atoms with E-state index in [2.05, 4.69) is 6.92 Å². The van der Waals surface area contributed by atoms with Crippen molar-refractivity contribution in [1.29, 1.82) is 0 Å². The second kappa shape index (κ2) is 15.6. The molecule has 0 unspecified atom stereocenters. The number of carboxylic acids is 2. The van der Waals surface area contributed by atoms with Crippen molar-refractivity contribution in [2.45, 2.75) is 71.1 Å². The van der Waals surface area contributed by atoms with Gasteiger partial charge in [0, 0.05) is 0 Å². The summed E-state index contributed by atoms with van der Waals surface area (Å²) in [4.78, 5) is 20.9. The van der Waals surface area contributed by atoms with E-state index in [1.165, 1.54) is 88.5 Å². The zero-order chi connectivity index (χ0) is 18.9. The van der Waals surface area contributed by atoms with E-state index in [9.17, 15) is 9.59 Å². The van der Waals surface area contributed by atoms with Crippen LogP contribution in [0.15, 0.2) is 24.3 Å². The Morgan fingerprint density at radius 3 is 1.44 bits per heavy atom. The predicted octanol–water partition coefficient (Wildman–Crippen LogP) is 4.95. The van der Waals surface area contributed by atoms with Crippen molar-refractivity contribution in [3.63, 3.8) is 0 Å². The first-order valence-corrected chi connectivity index (χ1v) is 9.30. The van der Waals surface area contributed by atoms with E-state index in [-0.39, 0.29) is 11.1 Å². The van der Waals surface area contributed by atoms with Crippen molar-refractivity contribution in [3.05, 3.63) is 35.4 Å². The summed E-state index contributed by atoms with van der Waals surface area (Å²) in [6.45, 7) is 3.14. The molecule has 1 aromatic carbocycles. The molecule has 5 heteroatoms. The van der Waals surface area contributed by atoms with Crippen molar-refractivity contribution in [2.75, 3.05) is 6.54 Å². The van der Waals surface area contributed by atoms with Gasteiger partial charge in [-0.05, 0) is 25.1 Å². The number of hydrogen-bond donors (Lipinski definition) is 3. The highest BCUT2D eigenvalue weighted by atomic mass is 16.4. The normalized spacial score (nSPS) is 10.0. The minimum Gasteiger partial charge on any atom is -0.478 e. The van der Waals surface area contributed by atoms with E-state index in [0.717, 1.165) is 6.54 Å². The monoisotopic (exact) mass is 351 g/mol. The third-order valence-electron chi connectivity index (χ3n) is 3.95. The molecule has 0 heterocycles. The number of nitrogens with two attached hydrogens (primary N) is 1. The SMILES string of the molecule is CCCCCCCCCCCCN.O=C(O)c1ccccc1C(=O)O. The van der Waals surface area contributed by atoms with Gasteiger partial charge in [0.1, 0.15) is 0 Å².